The lowest BCUT2D eigenvalue weighted by molar-refractivity contribution is 1.57. The third-order valence-corrected chi connectivity index (χ3v) is 4.63. The van der Waals surface area contributed by atoms with Gasteiger partial charge in [-0.3, -0.25) is 0 Å². The first kappa shape index (κ1) is 17.1. The fourth-order valence-electron chi connectivity index (χ4n) is 3.38. The fraction of sp³-hybridized carbons (Fsp3) is 0. The minimum Gasteiger partial charge on any atom is -0.116 e. The van der Waals surface area contributed by atoms with Gasteiger partial charge in [-0.1, -0.05) is 121 Å². The van der Waals surface area contributed by atoms with Crippen LogP contribution < -0.4 is 0 Å². The lowest BCUT2D eigenvalue weighted by atomic mass is 9.62. The molecule has 1 radical (unpaired) electrons. The Morgan fingerprint density at radius 3 is 1.67 bits per heavy atom. The quantitative estimate of drug-likeness (QED) is 0.481. The average molecular weight is 343 g/mol. The van der Waals surface area contributed by atoms with Gasteiger partial charge in [-0.05, 0) is 27.8 Å². The van der Waals surface area contributed by atoms with E-state index >= 15 is 0 Å². The van der Waals surface area contributed by atoms with Crippen molar-refractivity contribution >= 4 is 23.9 Å². The van der Waals surface area contributed by atoms with Crippen molar-refractivity contribution in [3.63, 3.8) is 0 Å². The molecule has 0 N–H and O–H groups in total. The standard InChI is InChI=1S/C26H20B/c1-5-13-21(14-6-1)24-19-11-4-12-20-27-26(23-17-9-3-10-18-23)25(24)22-15-7-2-8-16-22/h1-20H. The summed E-state index contributed by atoms with van der Waals surface area (Å²) >= 11 is 0. The molecule has 0 atom stereocenters. The zero-order valence-electron chi connectivity index (χ0n) is 15.1. The van der Waals surface area contributed by atoms with Crippen molar-refractivity contribution in [2.24, 2.45) is 0 Å². The first-order chi connectivity index (χ1) is 13.4. The van der Waals surface area contributed by atoms with Crippen molar-refractivity contribution in [1.29, 1.82) is 0 Å². The molecule has 1 heteroatoms. The smallest absolute Gasteiger partial charge is 0.116 e. The Bertz CT molecular complexity index is 1010. The summed E-state index contributed by atoms with van der Waals surface area (Å²) in [6.07, 6.45) is 8.49. The van der Waals surface area contributed by atoms with E-state index < -0.39 is 0 Å². The van der Waals surface area contributed by atoms with Gasteiger partial charge in [0.2, 0.25) is 0 Å². The maximum atomic E-state index is 2.21. The van der Waals surface area contributed by atoms with Gasteiger partial charge in [0.05, 0.1) is 0 Å². The van der Waals surface area contributed by atoms with Crippen LogP contribution in [0.15, 0.2) is 121 Å². The summed E-state index contributed by atoms with van der Waals surface area (Å²) < 4.78 is 0. The molecule has 0 saturated heterocycles. The van der Waals surface area contributed by atoms with Crippen LogP contribution in [0, 0.1) is 0 Å². The van der Waals surface area contributed by atoms with Gasteiger partial charge < -0.3 is 0 Å². The lowest BCUT2D eigenvalue weighted by Gasteiger charge is -2.19. The highest BCUT2D eigenvalue weighted by molar-refractivity contribution is 6.69. The lowest BCUT2D eigenvalue weighted by Crippen LogP contribution is -2.01. The molecule has 3 aromatic carbocycles. The molecular formula is C26H20B. The summed E-state index contributed by atoms with van der Waals surface area (Å²) in [5.41, 5.74) is 7.32. The van der Waals surface area contributed by atoms with E-state index in [2.05, 4.69) is 129 Å². The first-order valence-corrected chi connectivity index (χ1v) is 9.23. The maximum Gasteiger partial charge on any atom is 0.182 e. The molecule has 27 heavy (non-hydrogen) atoms. The van der Waals surface area contributed by atoms with Crippen molar-refractivity contribution in [3.05, 3.63) is 138 Å². The van der Waals surface area contributed by atoms with Gasteiger partial charge in [-0.2, -0.15) is 0 Å². The number of allylic oxidation sites excluding steroid dienone is 6. The molecule has 0 saturated carbocycles. The predicted octanol–water partition coefficient (Wildman–Crippen LogP) is 6.43. The minimum absolute atomic E-state index is 1.21. The van der Waals surface area contributed by atoms with Crippen LogP contribution in [-0.4, -0.2) is 7.28 Å². The molecule has 1 heterocycles. The van der Waals surface area contributed by atoms with E-state index in [9.17, 15) is 0 Å². The monoisotopic (exact) mass is 343 g/mol. The zero-order chi connectivity index (χ0) is 18.3. The number of rotatable bonds is 3. The Morgan fingerprint density at radius 1 is 0.481 bits per heavy atom. The highest BCUT2D eigenvalue weighted by Gasteiger charge is 2.17. The Labute approximate surface area is 162 Å². The van der Waals surface area contributed by atoms with Crippen LogP contribution in [0.1, 0.15) is 16.7 Å². The first-order valence-electron chi connectivity index (χ1n) is 9.23. The molecule has 4 rings (SSSR count). The number of hydrogen-bond acceptors (Lipinski definition) is 0. The third-order valence-electron chi connectivity index (χ3n) is 4.63. The average Bonchev–Trinajstić information content (AvgIpc) is 2.86. The van der Waals surface area contributed by atoms with Crippen molar-refractivity contribution in [2.75, 3.05) is 0 Å². The van der Waals surface area contributed by atoms with Gasteiger partial charge >= 0.3 is 0 Å². The van der Waals surface area contributed by atoms with E-state index in [0.717, 1.165) is 0 Å². The largest absolute Gasteiger partial charge is 0.182 e. The summed E-state index contributed by atoms with van der Waals surface area (Å²) in [6.45, 7) is 0. The fourth-order valence-corrected chi connectivity index (χ4v) is 3.38. The second-order valence-corrected chi connectivity index (χ2v) is 6.40. The molecule has 0 nitrogen and oxygen atoms in total. The summed E-state index contributed by atoms with van der Waals surface area (Å²) in [4.78, 5) is 0. The second-order valence-electron chi connectivity index (χ2n) is 6.40. The topological polar surface area (TPSA) is 0 Å². The summed E-state index contributed by atoms with van der Waals surface area (Å²) in [6, 6.07) is 31.9. The third kappa shape index (κ3) is 3.93. The molecule has 127 valence electrons. The Kier molecular flexibility index (Phi) is 5.31. The highest BCUT2D eigenvalue weighted by Crippen LogP contribution is 2.37. The van der Waals surface area contributed by atoms with E-state index in [-0.39, 0.29) is 0 Å². The van der Waals surface area contributed by atoms with Crippen LogP contribution >= 0.6 is 0 Å². The molecule has 1 aliphatic heterocycles. The van der Waals surface area contributed by atoms with Crippen LogP contribution in [0.3, 0.4) is 0 Å². The summed E-state index contributed by atoms with van der Waals surface area (Å²) in [7, 11) is 2.21. The van der Waals surface area contributed by atoms with E-state index in [1.165, 1.54) is 33.3 Å². The van der Waals surface area contributed by atoms with Crippen LogP contribution in [0.25, 0.3) is 16.6 Å². The Morgan fingerprint density at radius 2 is 1.04 bits per heavy atom. The minimum atomic E-state index is 1.21. The van der Waals surface area contributed by atoms with E-state index in [4.69, 9.17) is 0 Å². The SMILES string of the molecule is [B]1C=CC=CC=C(c2ccccc2)C(c2ccccc2)=C1c1ccccc1. The normalized spacial score (nSPS) is 14.0. The van der Waals surface area contributed by atoms with Crippen molar-refractivity contribution in [2.45, 2.75) is 0 Å². The van der Waals surface area contributed by atoms with Crippen LogP contribution in [0.2, 0.25) is 0 Å². The molecule has 0 amide bonds. The zero-order valence-corrected chi connectivity index (χ0v) is 15.1. The predicted molar refractivity (Wildman–Crippen MR) is 118 cm³/mol. The van der Waals surface area contributed by atoms with Crippen LogP contribution in [-0.2, 0) is 0 Å². The second kappa shape index (κ2) is 8.38. The molecule has 0 bridgehead atoms. The molecule has 0 unspecified atom stereocenters. The Hall–Kier alpha value is -3.32. The molecule has 0 aromatic heterocycles. The summed E-state index contributed by atoms with van der Waals surface area (Å²) in [5, 5.41) is 0. The Balaban J connectivity index is 2.03. The molecule has 0 aliphatic carbocycles. The van der Waals surface area contributed by atoms with Gasteiger partial charge in [0.1, 0.15) is 0 Å². The molecule has 3 aromatic rings. The molecular weight excluding hydrogens is 323 g/mol. The van der Waals surface area contributed by atoms with Crippen molar-refractivity contribution in [3.8, 4) is 0 Å². The molecule has 0 spiro atoms. The summed E-state index contributed by atoms with van der Waals surface area (Å²) in [5.74, 6) is 2.11. The van der Waals surface area contributed by atoms with Crippen molar-refractivity contribution < 1.29 is 0 Å². The maximum absolute atomic E-state index is 2.21. The molecule has 1 aliphatic rings. The van der Waals surface area contributed by atoms with E-state index in [1.807, 2.05) is 0 Å². The van der Waals surface area contributed by atoms with Gasteiger partial charge in [0, 0.05) is 0 Å². The number of hydrogen-bond donors (Lipinski definition) is 0. The van der Waals surface area contributed by atoms with Gasteiger partial charge in [0.25, 0.3) is 0 Å². The van der Waals surface area contributed by atoms with E-state index in [1.54, 1.807) is 0 Å². The van der Waals surface area contributed by atoms with Gasteiger partial charge in [-0.15, -0.1) is 5.98 Å². The van der Waals surface area contributed by atoms with Crippen LogP contribution in [0.4, 0.5) is 0 Å². The number of benzene rings is 3. The molecule has 0 fully saturated rings. The van der Waals surface area contributed by atoms with Gasteiger partial charge in [-0.25, -0.2) is 0 Å². The van der Waals surface area contributed by atoms with Gasteiger partial charge in [0.15, 0.2) is 7.28 Å². The van der Waals surface area contributed by atoms with Crippen LogP contribution in [0.5, 0.6) is 0 Å². The van der Waals surface area contributed by atoms with Crippen molar-refractivity contribution in [1.82, 2.24) is 0 Å². The van der Waals surface area contributed by atoms with E-state index in [0.29, 0.717) is 0 Å². The highest BCUT2D eigenvalue weighted by atomic mass is 14.2.